The molecule has 2 N–H and O–H groups in total. The lowest BCUT2D eigenvalue weighted by Gasteiger charge is -2.12. The number of hydrogen-bond acceptors (Lipinski definition) is 3. The maximum absolute atomic E-state index is 11.4. The minimum atomic E-state index is -0.366. The van der Waals surface area contributed by atoms with Crippen LogP contribution in [0.1, 0.15) is 23.6 Å². The number of ether oxygens (including phenoxy) is 1. The number of benzene rings is 2. The third-order valence-corrected chi connectivity index (χ3v) is 3.54. The van der Waals surface area contributed by atoms with E-state index in [-0.39, 0.29) is 12.6 Å². The standard InChI is InChI=1S/C19H21NO2/c1-13(2)19(21)22-12-15-8-9-17(14(3)10-15)18-7-5-4-6-16(18)11-20/h4-10H,1,11-12,20H2,2-3H3. The van der Waals surface area contributed by atoms with Gasteiger partial charge in [0.2, 0.25) is 0 Å². The van der Waals surface area contributed by atoms with E-state index in [9.17, 15) is 4.79 Å². The van der Waals surface area contributed by atoms with Crippen molar-refractivity contribution in [3.63, 3.8) is 0 Å². The van der Waals surface area contributed by atoms with Gasteiger partial charge in [0.1, 0.15) is 6.61 Å². The molecule has 0 saturated heterocycles. The average molecular weight is 295 g/mol. The third kappa shape index (κ3) is 3.62. The van der Waals surface area contributed by atoms with E-state index in [4.69, 9.17) is 10.5 Å². The molecule has 0 bridgehead atoms. The molecule has 3 nitrogen and oxygen atoms in total. The van der Waals surface area contributed by atoms with Gasteiger partial charge in [-0.3, -0.25) is 0 Å². The van der Waals surface area contributed by atoms with Crippen molar-refractivity contribution in [3.05, 3.63) is 71.3 Å². The molecule has 2 aromatic rings. The molecular weight excluding hydrogens is 274 g/mol. The zero-order chi connectivity index (χ0) is 16.1. The Hall–Kier alpha value is -2.39. The molecule has 0 aliphatic carbocycles. The van der Waals surface area contributed by atoms with Crippen molar-refractivity contribution in [2.45, 2.75) is 27.0 Å². The Morgan fingerprint density at radius 3 is 2.55 bits per heavy atom. The van der Waals surface area contributed by atoms with Gasteiger partial charge < -0.3 is 10.5 Å². The Balaban J connectivity index is 2.23. The number of hydrogen-bond donors (Lipinski definition) is 1. The van der Waals surface area contributed by atoms with E-state index in [0.717, 1.165) is 27.8 Å². The Kier molecular flexibility index (Phi) is 5.12. The molecule has 22 heavy (non-hydrogen) atoms. The SMILES string of the molecule is C=C(C)C(=O)OCc1ccc(-c2ccccc2CN)c(C)c1. The van der Waals surface area contributed by atoms with Crippen LogP contribution in [-0.2, 0) is 22.7 Å². The van der Waals surface area contributed by atoms with Crippen LogP contribution in [0.25, 0.3) is 11.1 Å². The number of rotatable bonds is 5. The second-order valence-corrected chi connectivity index (χ2v) is 5.37. The lowest BCUT2D eigenvalue weighted by atomic mass is 9.95. The first kappa shape index (κ1) is 16.0. The zero-order valence-corrected chi connectivity index (χ0v) is 13.1. The van der Waals surface area contributed by atoms with E-state index < -0.39 is 0 Å². The largest absolute Gasteiger partial charge is 0.457 e. The second-order valence-electron chi connectivity index (χ2n) is 5.37. The monoisotopic (exact) mass is 295 g/mol. The molecule has 0 aromatic heterocycles. The normalized spacial score (nSPS) is 10.3. The highest BCUT2D eigenvalue weighted by Gasteiger charge is 2.08. The van der Waals surface area contributed by atoms with Gasteiger partial charge in [0.15, 0.2) is 0 Å². The molecular formula is C19H21NO2. The summed E-state index contributed by atoms with van der Waals surface area (Å²) >= 11 is 0. The minimum Gasteiger partial charge on any atom is -0.457 e. The summed E-state index contributed by atoms with van der Waals surface area (Å²) < 4.78 is 5.18. The van der Waals surface area contributed by atoms with Crippen molar-refractivity contribution < 1.29 is 9.53 Å². The van der Waals surface area contributed by atoms with Crippen molar-refractivity contribution in [1.82, 2.24) is 0 Å². The summed E-state index contributed by atoms with van der Waals surface area (Å²) in [5, 5.41) is 0. The Labute approximate surface area is 131 Å². The van der Waals surface area contributed by atoms with Gasteiger partial charge in [-0.1, -0.05) is 49.0 Å². The van der Waals surface area contributed by atoms with E-state index >= 15 is 0 Å². The summed E-state index contributed by atoms with van der Waals surface area (Å²) in [6.45, 7) is 8.02. The summed E-state index contributed by atoms with van der Waals surface area (Å²) in [6, 6.07) is 14.2. The minimum absolute atomic E-state index is 0.255. The van der Waals surface area contributed by atoms with Crippen LogP contribution in [0.15, 0.2) is 54.6 Å². The van der Waals surface area contributed by atoms with E-state index in [1.807, 2.05) is 43.3 Å². The summed E-state index contributed by atoms with van der Waals surface area (Å²) in [5.74, 6) is -0.366. The number of carbonyl (C=O) groups is 1. The lowest BCUT2D eigenvalue weighted by molar-refractivity contribution is -0.140. The maximum atomic E-state index is 11.4. The van der Waals surface area contributed by atoms with Crippen LogP contribution in [-0.4, -0.2) is 5.97 Å². The number of carbonyl (C=O) groups excluding carboxylic acids is 1. The van der Waals surface area contributed by atoms with Crippen LogP contribution in [0.2, 0.25) is 0 Å². The van der Waals surface area contributed by atoms with E-state index in [0.29, 0.717) is 12.1 Å². The van der Waals surface area contributed by atoms with Gasteiger partial charge >= 0.3 is 5.97 Å². The molecule has 0 saturated carbocycles. The fourth-order valence-electron chi connectivity index (χ4n) is 2.35. The quantitative estimate of drug-likeness (QED) is 0.675. The first-order valence-electron chi connectivity index (χ1n) is 7.23. The van der Waals surface area contributed by atoms with Crippen molar-refractivity contribution in [1.29, 1.82) is 0 Å². The summed E-state index contributed by atoms with van der Waals surface area (Å²) in [6.07, 6.45) is 0. The van der Waals surface area contributed by atoms with E-state index in [1.165, 1.54) is 0 Å². The molecule has 0 unspecified atom stereocenters. The second kappa shape index (κ2) is 7.05. The number of esters is 1. The summed E-state index contributed by atoms with van der Waals surface area (Å²) in [4.78, 5) is 11.4. The van der Waals surface area contributed by atoms with Crippen molar-refractivity contribution >= 4 is 5.97 Å². The molecule has 0 radical (unpaired) electrons. The molecule has 0 aliphatic rings. The molecule has 3 heteroatoms. The fraction of sp³-hybridized carbons (Fsp3) is 0.211. The first-order valence-corrected chi connectivity index (χ1v) is 7.23. The predicted octanol–water partition coefficient (Wildman–Crippen LogP) is 3.74. The third-order valence-electron chi connectivity index (χ3n) is 3.54. The molecule has 114 valence electrons. The van der Waals surface area contributed by atoms with Crippen LogP contribution in [0, 0.1) is 6.92 Å². The van der Waals surface area contributed by atoms with E-state index in [1.54, 1.807) is 6.92 Å². The Morgan fingerprint density at radius 1 is 1.18 bits per heavy atom. The van der Waals surface area contributed by atoms with Crippen LogP contribution in [0.5, 0.6) is 0 Å². The smallest absolute Gasteiger partial charge is 0.333 e. The van der Waals surface area contributed by atoms with Gasteiger partial charge in [0.25, 0.3) is 0 Å². The molecule has 0 heterocycles. The Morgan fingerprint density at radius 2 is 1.91 bits per heavy atom. The Bertz CT molecular complexity index is 704. The molecule has 2 rings (SSSR count). The van der Waals surface area contributed by atoms with Gasteiger partial charge in [-0.25, -0.2) is 4.79 Å². The van der Waals surface area contributed by atoms with Crippen molar-refractivity contribution in [3.8, 4) is 11.1 Å². The van der Waals surface area contributed by atoms with Gasteiger partial charge in [-0.2, -0.15) is 0 Å². The van der Waals surface area contributed by atoms with Crippen molar-refractivity contribution in [2.24, 2.45) is 5.73 Å². The topological polar surface area (TPSA) is 52.3 Å². The van der Waals surface area contributed by atoms with Crippen LogP contribution < -0.4 is 5.73 Å². The highest BCUT2D eigenvalue weighted by Crippen LogP contribution is 2.27. The van der Waals surface area contributed by atoms with Gasteiger partial charge in [0.05, 0.1) is 0 Å². The highest BCUT2D eigenvalue weighted by molar-refractivity contribution is 5.86. The van der Waals surface area contributed by atoms with Crippen LogP contribution in [0.3, 0.4) is 0 Å². The summed E-state index contributed by atoms with van der Waals surface area (Å²) in [5.41, 5.74) is 11.7. The van der Waals surface area contributed by atoms with E-state index in [2.05, 4.69) is 12.6 Å². The number of aryl methyl sites for hydroxylation is 1. The highest BCUT2D eigenvalue weighted by atomic mass is 16.5. The van der Waals surface area contributed by atoms with Gasteiger partial charge in [0, 0.05) is 12.1 Å². The average Bonchev–Trinajstić information content (AvgIpc) is 2.52. The maximum Gasteiger partial charge on any atom is 0.333 e. The number of nitrogens with two attached hydrogens (primary N) is 1. The molecule has 0 aliphatic heterocycles. The molecule has 0 spiro atoms. The van der Waals surface area contributed by atoms with Gasteiger partial charge in [-0.05, 0) is 41.7 Å². The van der Waals surface area contributed by atoms with Crippen LogP contribution in [0.4, 0.5) is 0 Å². The van der Waals surface area contributed by atoms with Gasteiger partial charge in [-0.15, -0.1) is 0 Å². The molecule has 0 fully saturated rings. The molecule has 0 amide bonds. The molecule has 0 atom stereocenters. The van der Waals surface area contributed by atoms with Crippen molar-refractivity contribution in [2.75, 3.05) is 0 Å². The predicted molar refractivity (Wildman–Crippen MR) is 89.1 cm³/mol. The van der Waals surface area contributed by atoms with Crippen LogP contribution >= 0.6 is 0 Å². The zero-order valence-electron chi connectivity index (χ0n) is 13.1. The fourth-order valence-corrected chi connectivity index (χ4v) is 2.35. The first-order chi connectivity index (χ1) is 10.5. The lowest BCUT2D eigenvalue weighted by Crippen LogP contribution is -2.05. The summed E-state index contributed by atoms with van der Waals surface area (Å²) in [7, 11) is 0. The molecule has 2 aromatic carbocycles.